The average Bonchev–Trinajstić information content (AvgIpc) is 3.09. The van der Waals surface area contributed by atoms with Crippen molar-refractivity contribution < 1.29 is 24.2 Å². The molecule has 6 nitrogen and oxygen atoms in total. The fourth-order valence-electron chi connectivity index (χ4n) is 3.87. The van der Waals surface area contributed by atoms with E-state index in [0.717, 1.165) is 5.56 Å². The summed E-state index contributed by atoms with van der Waals surface area (Å²) in [6, 6.07) is 18.6. The van der Waals surface area contributed by atoms with Gasteiger partial charge in [-0.3, -0.25) is 14.5 Å². The SMILES string of the molecule is COc1ccc(C2/C(=C(/O)c3ccc(OC)c(Br)c3)C(=O)C(=O)N2c2ccc(C)cc2)cc1. The molecule has 3 aromatic rings. The van der Waals surface area contributed by atoms with Crippen LogP contribution in [0.15, 0.2) is 76.8 Å². The molecule has 0 saturated carbocycles. The van der Waals surface area contributed by atoms with Crippen LogP contribution in [0, 0.1) is 6.92 Å². The summed E-state index contributed by atoms with van der Waals surface area (Å²) < 4.78 is 11.1. The van der Waals surface area contributed by atoms with Crippen molar-refractivity contribution in [1.82, 2.24) is 0 Å². The summed E-state index contributed by atoms with van der Waals surface area (Å²) in [4.78, 5) is 27.8. The quantitative estimate of drug-likeness (QED) is 0.284. The van der Waals surface area contributed by atoms with Crippen LogP contribution in [0.2, 0.25) is 0 Å². The molecule has 1 unspecified atom stereocenters. The Hall–Kier alpha value is -3.58. The third kappa shape index (κ3) is 4.12. The van der Waals surface area contributed by atoms with Crippen LogP contribution in [-0.2, 0) is 9.59 Å². The number of hydrogen-bond acceptors (Lipinski definition) is 5. The summed E-state index contributed by atoms with van der Waals surface area (Å²) in [5, 5.41) is 11.2. The lowest BCUT2D eigenvalue weighted by Crippen LogP contribution is -2.29. The van der Waals surface area contributed by atoms with Gasteiger partial charge in [-0.15, -0.1) is 0 Å². The maximum absolute atomic E-state index is 13.2. The molecule has 0 bridgehead atoms. The molecule has 0 spiro atoms. The number of ether oxygens (including phenoxy) is 2. The molecule has 33 heavy (non-hydrogen) atoms. The van der Waals surface area contributed by atoms with E-state index in [1.165, 1.54) is 12.0 Å². The van der Waals surface area contributed by atoms with Crippen LogP contribution in [0.5, 0.6) is 11.5 Å². The van der Waals surface area contributed by atoms with Crippen LogP contribution in [0.3, 0.4) is 0 Å². The van der Waals surface area contributed by atoms with Gasteiger partial charge in [-0.1, -0.05) is 29.8 Å². The molecule has 168 valence electrons. The molecule has 0 aromatic heterocycles. The zero-order valence-electron chi connectivity index (χ0n) is 18.3. The van der Waals surface area contributed by atoms with Gasteiger partial charge in [-0.2, -0.15) is 0 Å². The van der Waals surface area contributed by atoms with Gasteiger partial charge in [-0.25, -0.2) is 0 Å². The number of hydrogen-bond donors (Lipinski definition) is 1. The lowest BCUT2D eigenvalue weighted by atomic mass is 9.95. The first kappa shape index (κ1) is 22.6. The summed E-state index contributed by atoms with van der Waals surface area (Å²) in [5.74, 6) is -0.481. The highest BCUT2D eigenvalue weighted by Crippen LogP contribution is 2.43. The summed E-state index contributed by atoms with van der Waals surface area (Å²) >= 11 is 3.41. The van der Waals surface area contributed by atoms with Gasteiger partial charge in [-0.05, 0) is 70.9 Å². The van der Waals surface area contributed by atoms with Gasteiger partial charge in [0.25, 0.3) is 11.7 Å². The topological polar surface area (TPSA) is 76.1 Å². The van der Waals surface area contributed by atoms with Gasteiger partial charge >= 0.3 is 0 Å². The molecular formula is C26H22BrNO5. The van der Waals surface area contributed by atoms with Crippen LogP contribution >= 0.6 is 15.9 Å². The molecule has 0 aliphatic carbocycles. The van der Waals surface area contributed by atoms with Crippen molar-refractivity contribution >= 4 is 39.1 Å². The molecule has 4 rings (SSSR count). The molecule has 1 saturated heterocycles. The number of nitrogens with zero attached hydrogens (tertiary/aromatic N) is 1. The second kappa shape index (κ2) is 9.11. The number of amides is 1. The largest absolute Gasteiger partial charge is 0.507 e. The maximum Gasteiger partial charge on any atom is 0.300 e. The second-order valence-electron chi connectivity index (χ2n) is 7.63. The number of benzene rings is 3. The predicted molar refractivity (Wildman–Crippen MR) is 130 cm³/mol. The zero-order chi connectivity index (χ0) is 23.7. The van der Waals surface area contributed by atoms with Crippen molar-refractivity contribution in [3.05, 3.63) is 93.5 Å². The van der Waals surface area contributed by atoms with Gasteiger partial charge < -0.3 is 14.6 Å². The molecule has 7 heteroatoms. The first-order chi connectivity index (χ1) is 15.8. The highest BCUT2D eigenvalue weighted by atomic mass is 79.9. The number of anilines is 1. The van der Waals surface area contributed by atoms with E-state index in [1.54, 1.807) is 61.7 Å². The lowest BCUT2D eigenvalue weighted by molar-refractivity contribution is -0.132. The number of Topliss-reactive ketones (excluding diaryl/α,β-unsaturated/α-hetero) is 1. The highest BCUT2D eigenvalue weighted by molar-refractivity contribution is 9.10. The minimum atomic E-state index is -0.806. The maximum atomic E-state index is 13.2. The molecule has 1 atom stereocenters. The third-order valence-electron chi connectivity index (χ3n) is 5.61. The molecular weight excluding hydrogens is 486 g/mol. The smallest absolute Gasteiger partial charge is 0.300 e. The minimum Gasteiger partial charge on any atom is -0.507 e. The Labute approximate surface area is 200 Å². The van der Waals surface area contributed by atoms with Crippen LogP contribution < -0.4 is 14.4 Å². The predicted octanol–water partition coefficient (Wildman–Crippen LogP) is 5.40. The van der Waals surface area contributed by atoms with Crippen molar-refractivity contribution in [2.45, 2.75) is 13.0 Å². The van der Waals surface area contributed by atoms with Crippen molar-refractivity contribution in [2.24, 2.45) is 0 Å². The zero-order valence-corrected chi connectivity index (χ0v) is 19.9. The first-order valence-corrected chi connectivity index (χ1v) is 11.0. The van der Waals surface area contributed by atoms with Gasteiger partial charge in [0, 0.05) is 11.3 Å². The molecule has 0 radical (unpaired) electrons. The monoisotopic (exact) mass is 507 g/mol. The number of halogens is 1. The van der Waals surface area contributed by atoms with Crippen molar-refractivity contribution in [1.29, 1.82) is 0 Å². The van der Waals surface area contributed by atoms with Crippen LogP contribution in [0.4, 0.5) is 5.69 Å². The third-order valence-corrected chi connectivity index (χ3v) is 6.23. The van der Waals surface area contributed by atoms with E-state index in [1.807, 2.05) is 19.1 Å². The fraction of sp³-hybridized carbons (Fsp3) is 0.154. The summed E-state index contributed by atoms with van der Waals surface area (Å²) in [6.07, 6.45) is 0. The van der Waals surface area contributed by atoms with E-state index in [9.17, 15) is 14.7 Å². The molecule has 1 amide bonds. The number of rotatable bonds is 5. The standard InChI is InChI=1S/C26H22BrNO5/c1-15-4-9-18(10-5-15)28-23(16-6-11-19(32-2)12-7-16)22(25(30)26(28)31)24(29)17-8-13-21(33-3)20(27)14-17/h4-14,23,29H,1-3H3/b24-22-. The Kier molecular flexibility index (Phi) is 6.24. The molecule has 1 heterocycles. The summed E-state index contributed by atoms with van der Waals surface area (Å²) in [5.41, 5.74) is 2.67. The van der Waals surface area contributed by atoms with E-state index in [0.29, 0.717) is 32.8 Å². The number of aliphatic hydroxyl groups is 1. The van der Waals surface area contributed by atoms with Gasteiger partial charge in [0.15, 0.2) is 0 Å². The van der Waals surface area contributed by atoms with Gasteiger partial charge in [0.2, 0.25) is 0 Å². The summed E-state index contributed by atoms with van der Waals surface area (Å²) in [7, 11) is 3.10. The minimum absolute atomic E-state index is 0.0165. The number of carbonyl (C=O) groups excluding carboxylic acids is 2. The van der Waals surface area contributed by atoms with Crippen molar-refractivity contribution in [2.75, 3.05) is 19.1 Å². The lowest BCUT2D eigenvalue weighted by Gasteiger charge is -2.25. The van der Waals surface area contributed by atoms with Crippen LogP contribution in [0.1, 0.15) is 22.7 Å². The Morgan fingerprint density at radius 2 is 1.61 bits per heavy atom. The number of methoxy groups -OCH3 is 2. The molecule has 1 N–H and O–H groups in total. The Bertz CT molecular complexity index is 1250. The first-order valence-electron chi connectivity index (χ1n) is 10.2. The highest BCUT2D eigenvalue weighted by Gasteiger charge is 2.47. The molecule has 1 aliphatic heterocycles. The van der Waals surface area contributed by atoms with Crippen molar-refractivity contribution in [3.8, 4) is 11.5 Å². The number of aryl methyl sites for hydroxylation is 1. The van der Waals surface area contributed by atoms with Crippen molar-refractivity contribution in [3.63, 3.8) is 0 Å². The number of aliphatic hydroxyl groups excluding tert-OH is 1. The van der Waals surface area contributed by atoms with E-state index in [2.05, 4.69) is 15.9 Å². The van der Waals surface area contributed by atoms with Crippen LogP contribution in [-0.4, -0.2) is 31.0 Å². The molecule has 3 aromatic carbocycles. The second-order valence-corrected chi connectivity index (χ2v) is 8.48. The number of carbonyl (C=O) groups is 2. The Morgan fingerprint density at radius 3 is 2.18 bits per heavy atom. The Balaban J connectivity index is 1.92. The van der Waals surface area contributed by atoms with E-state index >= 15 is 0 Å². The van der Waals surface area contributed by atoms with Gasteiger partial charge in [0.1, 0.15) is 17.3 Å². The number of ketones is 1. The van der Waals surface area contributed by atoms with Crippen LogP contribution in [0.25, 0.3) is 5.76 Å². The van der Waals surface area contributed by atoms with E-state index in [-0.39, 0.29) is 11.3 Å². The fourth-order valence-corrected chi connectivity index (χ4v) is 4.42. The molecule has 1 aliphatic rings. The Morgan fingerprint density at radius 1 is 0.939 bits per heavy atom. The van der Waals surface area contributed by atoms with E-state index < -0.39 is 17.7 Å². The normalized spacial score (nSPS) is 17.3. The molecule has 1 fully saturated rings. The summed E-state index contributed by atoms with van der Waals surface area (Å²) in [6.45, 7) is 1.94. The average molecular weight is 508 g/mol. The van der Waals surface area contributed by atoms with Gasteiger partial charge in [0.05, 0.1) is 30.3 Å². The van der Waals surface area contributed by atoms with E-state index in [4.69, 9.17) is 9.47 Å².